The highest BCUT2D eigenvalue weighted by Gasteiger charge is 2.00. The molecule has 0 aliphatic heterocycles. The van der Waals surface area contributed by atoms with Gasteiger partial charge in [-0.2, -0.15) is 0 Å². The highest BCUT2D eigenvalue weighted by atomic mass is 35.5. The van der Waals surface area contributed by atoms with Crippen LogP contribution in [0.15, 0.2) is 42.5 Å². The maximum absolute atomic E-state index is 13.2. The second-order valence-corrected chi connectivity index (χ2v) is 4.56. The number of hydrogen-bond donors (Lipinski definition) is 1. The van der Waals surface area contributed by atoms with Crippen LogP contribution in [-0.4, -0.2) is 13.7 Å². The molecule has 2 rings (SSSR count). The van der Waals surface area contributed by atoms with Gasteiger partial charge >= 0.3 is 0 Å². The Balaban J connectivity index is 1.86. The van der Waals surface area contributed by atoms with Gasteiger partial charge in [0.1, 0.15) is 11.6 Å². The maximum Gasteiger partial charge on any atom is 0.143 e. The number of benzene rings is 2. The molecule has 0 aliphatic rings. The van der Waals surface area contributed by atoms with E-state index in [9.17, 15) is 4.39 Å². The summed E-state index contributed by atoms with van der Waals surface area (Å²) in [5.74, 6) is 0.438. The Morgan fingerprint density at radius 3 is 2.53 bits per heavy atom. The first-order chi connectivity index (χ1) is 9.19. The maximum atomic E-state index is 13.2. The van der Waals surface area contributed by atoms with Crippen LogP contribution in [0.1, 0.15) is 5.56 Å². The first-order valence-corrected chi connectivity index (χ1v) is 6.38. The molecule has 4 heteroatoms. The molecule has 0 atom stereocenters. The van der Waals surface area contributed by atoms with Crippen molar-refractivity contribution in [2.75, 3.05) is 19.0 Å². The molecule has 2 aromatic rings. The van der Waals surface area contributed by atoms with Crippen LogP contribution in [0.4, 0.5) is 10.1 Å². The molecule has 0 saturated heterocycles. The quantitative estimate of drug-likeness (QED) is 0.888. The molecular weight excluding hydrogens is 265 g/mol. The lowest BCUT2D eigenvalue weighted by Crippen LogP contribution is -2.05. The Bertz CT molecular complexity index is 542. The molecule has 0 aromatic heterocycles. The summed E-state index contributed by atoms with van der Waals surface area (Å²) >= 11 is 5.62. The third-order valence-electron chi connectivity index (χ3n) is 2.82. The Labute approximate surface area is 117 Å². The van der Waals surface area contributed by atoms with Crippen molar-refractivity contribution in [2.45, 2.75) is 6.42 Å². The summed E-state index contributed by atoms with van der Waals surface area (Å²) in [5, 5.41) is 3.30. The topological polar surface area (TPSA) is 21.3 Å². The van der Waals surface area contributed by atoms with Crippen molar-refractivity contribution in [3.63, 3.8) is 0 Å². The van der Waals surface area contributed by atoms with Gasteiger partial charge in [0.25, 0.3) is 0 Å². The summed E-state index contributed by atoms with van der Waals surface area (Å²) < 4.78 is 18.3. The second kappa shape index (κ2) is 6.43. The van der Waals surface area contributed by atoms with E-state index in [1.165, 1.54) is 11.6 Å². The number of hydrogen-bond acceptors (Lipinski definition) is 2. The van der Waals surface area contributed by atoms with E-state index in [0.717, 1.165) is 24.4 Å². The monoisotopic (exact) mass is 279 g/mol. The number of nitrogens with one attached hydrogen (secondary N) is 1. The average Bonchev–Trinajstić information content (AvgIpc) is 2.43. The molecule has 0 spiro atoms. The summed E-state index contributed by atoms with van der Waals surface area (Å²) in [6.45, 7) is 0.730. The Morgan fingerprint density at radius 1 is 1.16 bits per heavy atom. The van der Waals surface area contributed by atoms with Crippen LogP contribution in [0.5, 0.6) is 5.75 Å². The first-order valence-electron chi connectivity index (χ1n) is 6.01. The van der Waals surface area contributed by atoms with Crippen LogP contribution >= 0.6 is 11.6 Å². The van der Waals surface area contributed by atoms with Gasteiger partial charge in [-0.15, -0.1) is 0 Å². The van der Waals surface area contributed by atoms with Gasteiger partial charge in [-0.25, -0.2) is 4.39 Å². The van der Waals surface area contributed by atoms with Crippen molar-refractivity contribution in [1.82, 2.24) is 0 Å². The van der Waals surface area contributed by atoms with Crippen LogP contribution in [0.2, 0.25) is 5.02 Å². The molecule has 2 nitrogen and oxygen atoms in total. The van der Waals surface area contributed by atoms with Crippen LogP contribution in [0.25, 0.3) is 0 Å². The number of ether oxygens (including phenoxy) is 1. The van der Waals surface area contributed by atoms with Crippen LogP contribution in [-0.2, 0) is 6.42 Å². The normalized spacial score (nSPS) is 10.3. The van der Waals surface area contributed by atoms with E-state index in [-0.39, 0.29) is 5.02 Å². The van der Waals surface area contributed by atoms with E-state index in [4.69, 9.17) is 16.3 Å². The lowest BCUT2D eigenvalue weighted by molar-refractivity contribution is 0.414. The molecule has 0 heterocycles. The molecule has 0 bridgehead atoms. The van der Waals surface area contributed by atoms with E-state index >= 15 is 0 Å². The van der Waals surface area contributed by atoms with E-state index in [1.807, 2.05) is 24.3 Å². The molecular formula is C15H15ClFNO. The Kier molecular flexibility index (Phi) is 4.63. The molecule has 0 aliphatic carbocycles. The number of methoxy groups -OCH3 is 1. The van der Waals surface area contributed by atoms with E-state index in [0.29, 0.717) is 0 Å². The largest absolute Gasteiger partial charge is 0.497 e. The summed E-state index contributed by atoms with van der Waals surface area (Å²) in [7, 11) is 1.64. The predicted molar refractivity (Wildman–Crippen MR) is 76.6 cm³/mol. The minimum absolute atomic E-state index is 0.140. The van der Waals surface area contributed by atoms with E-state index < -0.39 is 5.82 Å². The number of halogens is 2. The minimum Gasteiger partial charge on any atom is -0.497 e. The zero-order valence-electron chi connectivity index (χ0n) is 10.6. The van der Waals surface area contributed by atoms with Gasteiger partial charge in [0.2, 0.25) is 0 Å². The van der Waals surface area contributed by atoms with Crippen LogP contribution in [0, 0.1) is 5.82 Å². The number of rotatable bonds is 5. The summed E-state index contributed by atoms with van der Waals surface area (Å²) in [6.07, 6.45) is 0.855. The fourth-order valence-electron chi connectivity index (χ4n) is 1.75. The molecule has 0 fully saturated rings. The van der Waals surface area contributed by atoms with Crippen molar-refractivity contribution in [3.8, 4) is 5.75 Å². The average molecular weight is 280 g/mol. The van der Waals surface area contributed by atoms with Gasteiger partial charge in [-0.05, 0) is 42.3 Å². The zero-order chi connectivity index (χ0) is 13.7. The van der Waals surface area contributed by atoms with Crippen molar-refractivity contribution >= 4 is 17.3 Å². The lowest BCUT2D eigenvalue weighted by atomic mass is 10.1. The minimum atomic E-state index is -0.406. The molecule has 100 valence electrons. The van der Waals surface area contributed by atoms with E-state index in [1.54, 1.807) is 19.2 Å². The van der Waals surface area contributed by atoms with Crippen molar-refractivity contribution in [3.05, 3.63) is 58.9 Å². The van der Waals surface area contributed by atoms with Gasteiger partial charge in [0, 0.05) is 12.2 Å². The van der Waals surface area contributed by atoms with Crippen molar-refractivity contribution < 1.29 is 9.13 Å². The Morgan fingerprint density at radius 2 is 1.89 bits per heavy atom. The summed E-state index contributed by atoms with van der Waals surface area (Å²) in [4.78, 5) is 0. The zero-order valence-corrected chi connectivity index (χ0v) is 11.4. The SMILES string of the molecule is COc1ccc(CCNc2ccc(Cl)c(F)c2)cc1. The van der Waals surface area contributed by atoms with Gasteiger partial charge in [0.15, 0.2) is 0 Å². The molecule has 1 N–H and O–H groups in total. The highest BCUT2D eigenvalue weighted by molar-refractivity contribution is 6.30. The predicted octanol–water partition coefficient (Wildman–Crippen LogP) is 4.14. The molecule has 0 radical (unpaired) electrons. The van der Waals surface area contributed by atoms with E-state index in [2.05, 4.69) is 5.32 Å². The van der Waals surface area contributed by atoms with Gasteiger partial charge in [-0.1, -0.05) is 23.7 Å². The molecule has 19 heavy (non-hydrogen) atoms. The Hall–Kier alpha value is -1.74. The number of anilines is 1. The van der Waals surface area contributed by atoms with Crippen LogP contribution < -0.4 is 10.1 Å². The second-order valence-electron chi connectivity index (χ2n) is 4.15. The lowest BCUT2D eigenvalue weighted by Gasteiger charge is -2.07. The first kappa shape index (κ1) is 13.7. The fourth-order valence-corrected chi connectivity index (χ4v) is 1.87. The standard InChI is InChI=1S/C15H15ClFNO/c1-19-13-5-2-11(3-6-13)8-9-18-12-4-7-14(16)15(17)10-12/h2-7,10,18H,8-9H2,1H3. The molecule has 0 unspecified atom stereocenters. The van der Waals surface area contributed by atoms with Crippen molar-refractivity contribution in [2.24, 2.45) is 0 Å². The van der Waals surface area contributed by atoms with Gasteiger partial charge < -0.3 is 10.1 Å². The molecule has 0 saturated carbocycles. The van der Waals surface area contributed by atoms with Crippen LogP contribution in [0.3, 0.4) is 0 Å². The van der Waals surface area contributed by atoms with Gasteiger partial charge in [0.05, 0.1) is 12.1 Å². The third kappa shape index (κ3) is 3.86. The third-order valence-corrected chi connectivity index (χ3v) is 3.13. The highest BCUT2D eigenvalue weighted by Crippen LogP contribution is 2.18. The summed E-state index contributed by atoms with van der Waals surface area (Å²) in [5.41, 5.74) is 1.93. The van der Waals surface area contributed by atoms with Gasteiger partial charge in [-0.3, -0.25) is 0 Å². The molecule has 2 aromatic carbocycles. The summed E-state index contributed by atoms with van der Waals surface area (Å²) in [6, 6.07) is 12.6. The fraction of sp³-hybridized carbons (Fsp3) is 0.200. The molecule has 0 amide bonds. The smallest absolute Gasteiger partial charge is 0.143 e. The van der Waals surface area contributed by atoms with Crippen molar-refractivity contribution in [1.29, 1.82) is 0 Å².